The molecule has 0 heterocycles. The van der Waals surface area contributed by atoms with Gasteiger partial charge < -0.3 is 0 Å². The highest BCUT2D eigenvalue weighted by Gasteiger charge is 2.23. The summed E-state index contributed by atoms with van der Waals surface area (Å²) < 4.78 is 53.9. The van der Waals surface area contributed by atoms with E-state index < -0.39 is 24.5 Å². The van der Waals surface area contributed by atoms with E-state index in [-0.39, 0.29) is 0 Å². The first-order chi connectivity index (χ1) is 5.65. The van der Waals surface area contributed by atoms with E-state index in [1.165, 1.54) is 19.3 Å². The van der Waals surface area contributed by atoms with Gasteiger partial charge in [0.15, 0.2) is 0 Å². The molecular formula is C5H10O6S2. The Bertz CT molecular complexity index is 336. The molecule has 0 radical (unpaired) electrons. The molecule has 2 N–H and O–H groups in total. The van der Waals surface area contributed by atoms with Gasteiger partial charge in [0.2, 0.25) is 4.24 Å². The van der Waals surface area contributed by atoms with Crippen LogP contribution in [0.15, 0.2) is 10.8 Å². The third kappa shape index (κ3) is 6.70. The molecule has 6 nitrogen and oxygen atoms in total. The van der Waals surface area contributed by atoms with Gasteiger partial charge >= 0.3 is 20.2 Å². The summed E-state index contributed by atoms with van der Waals surface area (Å²) in [5, 5.41) is 0. The van der Waals surface area contributed by atoms with Crippen molar-refractivity contribution in [2.24, 2.45) is 0 Å². The van der Waals surface area contributed by atoms with Crippen molar-refractivity contribution in [2.75, 3.05) is 0 Å². The molecule has 1 saturated carbocycles. The van der Waals surface area contributed by atoms with Gasteiger partial charge in [-0.15, -0.1) is 0 Å². The maximum Gasteiger partial charge on any atom is 0.307 e. The highest BCUT2D eigenvalue weighted by molar-refractivity contribution is 8.09. The summed E-state index contributed by atoms with van der Waals surface area (Å²) in [6.45, 7) is 2.42. The third-order valence-electron chi connectivity index (χ3n) is 0.929. The topological polar surface area (TPSA) is 109 Å². The first kappa shape index (κ1) is 12.6. The Morgan fingerprint density at radius 2 is 1.15 bits per heavy atom. The van der Waals surface area contributed by atoms with Crippen molar-refractivity contribution in [3.05, 3.63) is 10.8 Å². The maximum absolute atomic E-state index is 9.89. The Labute approximate surface area is 76.8 Å². The third-order valence-corrected chi connectivity index (χ3v) is 3.34. The summed E-state index contributed by atoms with van der Waals surface area (Å²) in [6, 6.07) is 0. The van der Waals surface area contributed by atoms with E-state index in [0.717, 1.165) is 0 Å². The van der Waals surface area contributed by atoms with E-state index >= 15 is 0 Å². The minimum absolute atomic E-state index is 1.50. The van der Waals surface area contributed by atoms with Crippen molar-refractivity contribution in [3.8, 4) is 0 Å². The molecule has 78 valence electrons. The Hall–Kier alpha value is -0.440. The zero-order chi connectivity index (χ0) is 10.7. The predicted molar refractivity (Wildman–Crippen MR) is 46.1 cm³/mol. The van der Waals surface area contributed by atoms with Crippen molar-refractivity contribution >= 4 is 20.2 Å². The lowest BCUT2D eigenvalue weighted by molar-refractivity contribution is 0.480. The monoisotopic (exact) mass is 230 g/mol. The van der Waals surface area contributed by atoms with Crippen LogP contribution in [0.5, 0.6) is 0 Å². The van der Waals surface area contributed by atoms with E-state index in [1.807, 2.05) is 0 Å². The van der Waals surface area contributed by atoms with Gasteiger partial charge in [-0.25, -0.2) is 0 Å². The second-order valence-electron chi connectivity index (χ2n) is 2.38. The minimum Gasteiger partial charge on any atom is -0.281 e. The molecule has 1 aliphatic rings. The van der Waals surface area contributed by atoms with Gasteiger partial charge in [0.25, 0.3) is 0 Å². The first-order valence-corrected chi connectivity index (χ1v) is 6.17. The SMILES string of the molecule is C1CC1.C=C(S(=O)(=O)O)S(=O)(=O)O. The smallest absolute Gasteiger partial charge is 0.281 e. The zero-order valence-electron chi connectivity index (χ0n) is 6.67. The van der Waals surface area contributed by atoms with Crippen molar-refractivity contribution in [3.63, 3.8) is 0 Å². The van der Waals surface area contributed by atoms with Crippen LogP contribution in [0.1, 0.15) is 19.3 Å². The molecule has 1 fully saturated rings. The number of rotatable bonds is 2. The Balaban J connectivity index is 0.000000396. The Morgan fingerprint density at radius 3 is 1.15 bits per heavy atom. The van der Waals surface area contributed by atoms with Crippen LogP contribution in [-0.2, 0) is 20.2 Å². The standard InChI is InChI=1S/C3H6.C2H4O6S2/c1-2-3-1;1-2(9(3,4)5)10(6,7)8/h1-3H2;1H2,(H,3,4,5)(H,6,7,8). The molecule has 0 atom stereocenters. The van der Waals surface area contributed by atoms with Crippen LogP contribution < -0.4 is 0 Å². The van der Waals surface area contributed by atoms with Crippen molar-refractivity contribution in [1.82, 2.24) is 0 Å². The summed E-state index contributed by atoms with van der Waals surface area (Å²) >= 11 is 0. The summed E-state index contributed by atoms with van der Waals surface area (Å²) in [5.41, 5.74) is 0. The van der Waals surface area contributed by atoms with Crippen LogP contribution in [0.25, 0.3) is 0 Å². The molecule has 0 unspecified atom stereocenters. The number of hydrogen-bond acceptors (Lipinski definition) is 4. The summed E-state index contributed by atoms with van der Waals surface area (Å²) in [6.07, 6.45) is 4.50. The van der Waals surface area contributed by atoms with Gasteiger partial charge in [0, 0.05) is 0 Å². The lowest BCUT2D eigenvalue weighted by Crippen LogP contribution is -2.10. The quantitative estimate of drug-likeness (QED) is 0.665. The zero-order valence-corrected chi connectivity index (χ0v) is 8.31. The van der Waals surface area contributed by atoms with Crippen LogP contribution in [0, 0.1) is 0 Å². The molecule has 0 aliphatic heterocycles. The average molecular weight is 230 g/mol. The Morgan fingerprint density at radius 1 is 0.923 bits per heavy atom. The molecule has 0 saturated heterocycles. The fourth-order valence-electron chi connectivity index (χ4n) is 0.133. The molecule has 1 rings (SSSR count). The molecule has 0 amide bonds. The van der Waals surface area contributed by atoms with Crippen LogP contribution in [0.4, 0.5) is 0 Å². The van der Waals surface area contributed by atoms with Crippen LogP contribution >= 0.6 is 0 Å². The molecule has 0 aromatic carbocycles. The van der Waals surface area contributed by atoms with Gasteiger partial charge in [-0.1, -0.05) is 25.8 Å². The average Bonchev–Trinajstić information content (AvgIpc) is 2.65. The normalized spacial score (nSPS) is 15.5. The minimum atomic E-state index is -4.89. The van der Waals surface area contributed by atoms with Crippen LogP contribution in [0.2, 0.25) is 0 Å². The van der Waals surface area contributed by atoms with Gasteiger partial charge in [-0.2, -0.15) is 16.8 Å². The van der Waals surface area contributed by atoms with Gasteiger partial charge in [0.1, 0.15) is 0 Å². The molecular weight excluding hydrogens is 220 g/mol. The van der Waals surface area contributed by atoms with Crippen LogP contribution in [-0.4, -0.2) is 25.9 Å². The van der Waals surface area contributed by atoms with Crippen molar-refractivity contribution < 1.29 is 25.9 Å². The molecule has 1 aliphatic carbocycles. The lowest BCUT2D eigenvalue weighted by atomic mass is 11.0. The second-order valence-corrected chi connectivity index (χ2v) is 5.53. The van der Waals surface area contributed by atoms with E-state index in [9.17, 15) is 16.8 Å². The molecule has 0 aromatic rings. The predicted octanol–water partition coefficient (Wildman–Crippen LogP) is 0.404. The number of hydrogen-bond donors (Lipinski definition) is 2. The Kier molecular flexibility index (Phi) is 4.04. The van der Waals surface area contributed by atoms with Gasteiger partial charge in [-0.3, -0.25) is 9.11 Å². The molecule has 0 spiro atoms. The van der Waals surface area contributed by atoms with E-state index in [0.29, 0.717) is 0 Å². The first-order valence-electron chi connectivity index (χ1n) is 3.29. The fourth-order valence-corrected chi connectivity index (χ4v) is 1.20. The maximum atomic E-state index is 9.89. The van der Waals surface area contributed by atoms with E-state index in [1.54, 1.807) is 0 Å². The van der Waals surface area contributed by atoms with E-state index in [4.69, 9.17) is 9.11 Å². The van der Waals surface area contributed by atoms with Crippen molar-refractivity contribution in [1.29, 1.82) is 0 Å². The van der Waals surface area contributed by atoms with Gasteiger partial charge in [-0.05, 0) is 0 Å². The largest absolute Gasteiger partial charge is 0.307 e. The van der Waals surface area contributed by atoms with Crippen LogP contribution in [0.3, 0.4) is 0 Å². The second kappa shape index (κ2) is 4.18. The fraction of sp³-hybridized carbons (Fsp3) is 0.600. The molecule has 0 bridgehead atoms. The van der Waals surface area contributed by atoms with Crippen molar-refractivity contribution in [2.45, 2.75) is 19.3 Å². The molecule has 8 heteroatoms. The summed E-state index contributed by atoms with van der Waals surface area (Å²) in [7, 11) is -9.79. The summed E-state index contributed by atoms with van der Waals surface area (Å²) in [4.78, 5) is 0. The summed E-state index contributed by atoms with van der Waals surface area (Å²) in [5.74, 6) is 0. The highest BCUT2D eigenvalue weighted by atomic mass is 32.3. The molecule has 0 aromatic heterocycles. The highest BCUT2D eigenvalue weighted by Crippen LogP contribution is 2.14. The van der Waals surface area contributed by atoms with E-state index in [2.05, 4.69) is 6.58 Å². The lowest BCUT2D eigenvalue weighted by Gasteiger charge is -1.94. The van der Waals surface area contributed by atoms with Gasteiger partial charge in [0.05, 0.1) is 0 Å². The molecule has 13 heavy (non-hydrogen) atoms.